The van der Waals surface area contributed by atoms with Crippen LogP contribution in [-0.4, -0.2) is 28.8 Å². The van der Waals surface area contributed by atoms with Gasteiger partial charge in [0, 0.05) is 17.9 Å². The summed E-state index contributed by atoms with van der Waals surface area (Å²) in [4.78, 5) is 37.1. The summed E-state index contributed by atoms with van der Waals surface area (Å²) in [6, 6.07) is 5.26. The Balaban J connectivity index is 1.98. The number of aromatic nitrogens is 1. The molecule has 0 unspecified atom stereocenters. The first-order valence-corrected chi connectivity index (χ1v) is 8.90. The van der Waals surface area contributed by atoms with Gasteiger partial charge in [-0.1, -0.05) is 11.6 Å². The highest BCUT2D eigenvalue weighted by molar-refractivity contribution is 6.46. The second-order valence-electron chi connectivity index (χ2n) is 6.05. The first-order valence-electron chi connectivity index (χ1n) is 8.52. The smallest absolute Gasteiger partial charge is 0.381 e. The maximum Gasteiger partial charge on any atom is 0.381 e. The maximum atomic E-state index is 13.5. The topological polar surface area (TPSA) is 101 Å². The van der Waals surface area contributed by atoms with Gasteiger partial charge in [0.25, 0.3) is 11.7 Å². The Morgan fingerprint density at radius 3 is 2.82 bits per heavy atom. The second kappa shape index (κ2) is 7.82. The normalized spacial score (nSPS) is 12.2. The van der Waals surface area contributed by atoms with Crippen molar-refractivity contribution in [2.45, 2.75) is 26.3 Å². The predicted octanol–water partition coefficient (Wildman–Crippen LogP) is 3.10. The van der Waals surface area contributed by atoms with Gasteiger partial charge in [-0.2, -0.15) is 5.26 Å². The van der Waals surface area contributed by atoms with Gasteiger partial charge in [0.1, 0.15) is 17.6 Å². The third-order valence-electron chi connectivity index (χ3n) is 4.35. The lowest BCUT2D eigenvalue weighted by Crippen LogP contribution is -2.21. The van der Waals surface area contributed by atoms with Crippen LogP contribution >= 0.6 is 11.6 Å². The number of nitrogens with zero attached hydrogens (tertiary/aromatic N) is 2. The Bertz CT molecular complexity index is 1040. The lowest BCUT2D eigenvalue weighted by Gasteiger charge is -2.07. The molecule has 0 atom stereocenters. The molecule has 1 aliphatic rings. The van der Waals surface area contributed by atoms with Crippen molar-refractivity contribution >= 4 is 34.9 Å². The minimum Gasteiger partial charge on any atom is -0.460 e. The van der Waals surface area contributed by atoms with E-state index in [1.807, 2.05) is 0 Å². The summed E-state index contributed by atoms with van der Waals surface area (Å²) in [5.74, 6) is -3.27. The van der Waals surface area contributed by atoms with Crippen LogP contribution in [0.25, 0.3) is 0 Å². The van der Waals surface area contributed by atoms with Gasteiger partial charge in [-0.05, 0) is 38.0 Å². The van der Waals surface area contributed by atoms with Crippen LogP contribution in [0.4, 0.5) is 10.1 Å². The summed E-state index contributed by atoms with van der Waals surface area (Å²) >= 11 is 6.31. The number of hydrogen-bond acceptors (Lipinski definition) is 5. The lowest BCUT2D eigenvalue weighted by atomic mass is 10.1. The number of Topliss-reactive ketones (excluding diaryl/α,β-unsaturated/α-hetero) is 1. The van der Waals surface area contributed by atoms with Gasteiger partial charge < -0.3 is 14.6 Å². The molecule has 1 aliphatic heterocycles. The fraction of sp³-hybridized carbons (Fsp3) is 0.263. The Kier molecular flexibility index (Phi) is 5.47. The molecule has 2 heterocycles. The fourth-order valence-electron chi connectivity index (χ4n) is 3.17. The third-order valence-corrected chi connectivity index (χ3v) is 4.72. The van der Waals surface area contributed by atoms with E-state index in [4.69, 9.17) is 21.6 Å². The summed E-state index contributed by atoms with van der Waals surface area (Å²) in [5.41, 5.74) is 0.529. The van der Waals surface area contributed by atoms with Crippen molar-refractivity contribution in [3.63, 3.8) is 0 Å². The van der Waals surface area contributed by atoms with E-state index in [2.05, 4.69) is 5.32 Å². The molecule has 0 radical (unpaired) electrons. The number of benzene rings is 1. The van der Waals surface area contributed by atoms with Crippen LogP contribution in [0.15, 0.2) is 18.2 Å². The van der Waals surface area contributed by atoms with Crippen LogP contribution in [0, 0.1) is 17.1 Å². The van der Waals surface area contributed by atoms with Gasteiger partial charge in [0.15, 0.2) is 0 Å². The van der Waals surface area contributed by atoms with Gasteiger partial charge in [0.05, 0.1) is 22.8 Å². The molecule has 1 N–H and O–H groups in total. The Hall–Kier alpha value is -3.18. The van der Waals surface area contributed by atoms with Crippen LogP contribution in [0.2, 0.25) is 5.02 Å². The van der Waals surface area contributed by atoms with Crippen LogP contribution in [0.3, 0.4) is 0 Å². The monoisotopic (exact) mass is 403 g/mol. The number of rotatable bonds is 5. The van der Waals surface area contributed by atoms with Gasteiger partial charge >= 0.3 is 5.97 Å². The molecule has 0 saturated carbocycles. The Morgan fingerprint density at radius 2 is 2.14 bits per heavy atom. The summed E-state index contributed by atoms with van der Waals surface area (Å²) in [7, 11) is 0. The molecule has 1 aromatic carbocycles. The summed E-state index contributed by atoms with van der Waals surface area (Å²) in [6.07, 6.45) is 1.19. The number of nitrogens with one attached hydrogen (secondary N) is 1. The second-order valence-corrected chi connectivity index (χ2v) is 6.43. The van der Waals surface area contributed by atoms with E-state index < -0.39 is 23.5 Å². The number of halogens is 2. The van der Waals surface area contributed by atoms with E-state index in [0.29, 0.717) is 25.1 Å². The molecule has 3 rings (SSSR count). The van der Waals surface area contributed by atoms with Crippen molar-refractivity contribution in [3.8, 4) is 6.07 Å². The SMILES string of the molecule is CCOC(=O)C(=O)c1c(Cl)c(C(=O)Nc2ccc(F)c(C#N)c2)c2n1CCC2. The van der Waals surface area contributed by atoms with Gasteiger partial charge in [-0.3, -0.25) is 9.59 Å². The zero-order chi connectivity index (χ0) is 20.4. The van der Waals surface area contributed by atoms with E-state index in [1.165, 1.54) is 12.1 Å². The molecule has 1 aromatic heterocycles. The lowest BCUT2D eigenvalue weighted by molar-refractivity contribution is -0.137. The molecule has 28 heavy (non-hydrogen) atoms. The number of ketones is 1. The molecule has 144 valence electrons. The number of ether oxygens (including phenoxy) is 1. The maximum absolute atomic E-state index is 13.5. The standard InChI is InChI=1S/C19H15ClFN3O4/c1-2-28-19(27)17(25)16-15(20)14(13-4-3-7-24(13)16)18(26)23-11-5-6-12(21)10(8-11)9-22/h5-6,8H,2-4,7H2,1H3,(H,23,26). The molecule has 9 heteroatoms. The largest absolute Gasteiger partial charge is 0.460 e. The molecule has 0 fully saturated rings. The quantitative estimate of drug-likeness (QED) is 0.469. The minimum absolute atomic E-state index is 0.0366. The molecular formula is C19H15ClFN3O4. The highest BCUT2D eigenvalue weighted by Crippen LogP contribution is 2.34. The average molecular weight is 404 g/mol. The van der Waals surface area contributed by atoms with Crippen LogP contribution in [0.1, 0.15) is 45.4 Å². The number of hydrogen-bond donors (Lipinski definition) is 1. The van der Waals surface area contributed by atoms with Crippen LogP contribution in [-0.2, 0) is 22.5 Å². The van der Waals surface area contributed by atoms with E-state index >= 15 is 0 Å². The van der Waals surface area contributed by atoms with Crippen molar-refractivity contribution in [3.05, 3.63) is 51.6 Å². The van der Waals surface area contributed by atoms with Crippen molar-refractivity contribution in [2.24, 2.45) is 0 Å². The summed E-state index contributed by atoms with van der Waals surface area (Å²) in [6.45, 7) is 2.05. The van der Waals surface area contributed by atoms with Gasteiger partial charge in [-0.25, -0.2) is 9.18 Å². The van der Waals surface area contributed by atoms with E-state index in [0.717, 1.165) is 6.07 Å². The molecule has 7 nitrogen and oxygen atoms in total. The number of fused-ring (bicyclic) bond motifs is 1. The van der Waals surface area contributed by atoms with Gasteiger partial charge in [-0.15, -0.1) is 0 Å². The number of anilines is 1. The van der Waals surface area contributed by atoms with Crippen molar-refractivity contribution in [1.82, 2.24) is 4.57 Å². The number of carbonyl (C=O) groups excluding carboxylic acids is 3. The first-order chi connectivity index (χ1) is 13.4. The van der Waals surface area contributed by atoms with E-state index in [-0.39, 0.29) is 34.1 Å². The minimum atomic E-state index is -1.04. The van der Waals surface area contributed by atoms with Crippen LogP contribution < -0.4 is 5.32 Å². The number of nitriles is 1. The van der Waals surface area contributed by atoms with E-state index in [1.54, 1.807) is 17.6 Å². The molecule has 0 saturated heterocycles. The predicted molar refractivity (Wildman–Crippen MR) is 97.8 cm³/mol. The molecule has 2 aromatic rings. The summed E-state index contributed by atoms with van der Waals surface area (Å²) < 4.78 is 19.8. The zero-order valence-electron chi connectivity index (χ0n) is 14.8. The first kappa shape index (κ1) is 19.6. The molecule has 0 aliphatic carbocycles. The van der Waals surface area contributed by atoms with Crippen molar-refractivity contribution in [1.29, 1.82) is 5.26 Å². The molecular weight excluding hydrogens is 389 g/mol. The van der Waals surface area contributed by atoms with Crippen molar-refractivity contribution < 1.29 is 23.5 Å². The third kappa shape index (κ3) is 3.37. The number of carbonyl (C=O) groups is 3. The van der Waals surface area contributed by atoms with Gasteiger partial charge in [0.2, 0.25) is 0 Å². The molecule has 1 amide bonds. The Morgan fingerprint density at radius 1 is 1.39 bits per heavy atom. The van der Waals surface area contributed by atoms with E-state index in [9.17, 15) is 18.8 Å². The van der Waals surface area contributed by atoms with Crippen LogP contribution in [0.5, 0.6) is 0 Å². The zero-order valence-corrected chi connectivity index (χ0v) is 15.6. The highest BCUT2D eigenvalue weighted by Gasteiger charge is 2.34. The molecule has 0 bridgehead atoms. The highest BCUT2D eigenvalue weighted by atomic mass is 35.5. The average Bonchev–Trinajstić information content (AvgIpc) is 3.22. The molecule has 0 spiro atoms. The van der Waals surface area contributed by atoms with Crippen molar-refractivity contribution in [2.75, 3.05) is 11.9 Å². The Labute approximate surface area is 164 Å². The number of esters is 1. The number of amides is 1. The summed E-state index contributed by atoms with van der Waals surface area (Å²) in [5, 5.41) is 11.3. The fourth-order valence-corrected chi connectivity index (χ4v) is 3.56.